The Bertz CT molecular complexity index is 224. The predicted molar refractivity (Wildman–Crippen MR) is 60.4 cm³/mol. The Labute approximate surface area is 92.0 Å². The molecule has 0 aromatic heterocycles. The Balaban J connectivity index is 1.84. The molecule has 2 fully saturated rings. The Hall–Kier alpha value is -0.570. The minimum Gasteiger partial charge on any atom is -0.370 e. The van der Waals surface area contributed by atoms with Gasteiger partial charge < -0.3 is 5.73 Å². The van der Waals surface area contributed by atoms with Gasteiger partial charge in [-0.05, 0) is 38.1 Å². The van der Waals surface area contributed by atoms with E-state index in [1.807, 2.05) is 0 Å². The summed E-state index contributed by atoms with van der Waals surface area (Å²) in [4.78, 5) is 13.3. The summed E-state index contributed by atoms with van der Waals surface area (Å²) in [5.74, 6) is 0.743. The second kappa shape index (κ2) is 4.97. The third kappa shape index (κ3) is 2.71. The van der Waals surface area contributed by atoms with E-state index in [0.29, 0.717) is 6.42 Å². The van der Waals surface area contributed by atoms with E-state index in [1.54, 1.807) is 0 Å². The van der Waals surface area contributed by atoms with Gasteiger partial charge in [0, 0.05) is 19.0 Å². The van der Waals surface area contributed by atoms with E-state index >= 15 is 0 Å². The lowest BCUT2D eigenvalue weighted by atomic mass is 9.96. The molecule has 15 heavy (non-hydrogen) atoms. The first kappa shape index (κ1) is 10.9. The lowest BCUT2D eigenvalue weighted by molar-refractivity contribution is -0.118. The standard InChI is InChI=1S/C12H22N2O/c13-12(15)7-9-14-8-3-6-11(14)10-4-1-2-5-10/h10-11H,1-9H2,(H2,13,15). The summed E-state index contributed by atoms with van der Waals surface area (Å²) in [5.41, 5.74) is 5.20. The first-order valence-corrected chi connectivity index (χ1v) is 6.30. The van der Waals surface area contributed by atoms with Gasteiger partial charge >= 0.3 is 0 Å². The second-order valence-electron chi connectivity index (χ2n) is 5.01. The molecule has 3 heteroatoms. The summed E-state index contributed by atoms with van der Waals surface area (Å²) < 4.78 is 0. The van der Waals surface area contributed by atoms with Crippen molar-refractivity contribution in [3.63, 3.8) is 0 Å². The van der Waals surface area contributed by atoms with Gasteiger partial charge in [-0.25, -0.2) is 0 Å². The molecule has 2 aliphatic rings. The van der Waals surface area contributed by atoms with Crippen molar-refractivity contribution in [3.8, 4) is 0 Å². The first-order valence-electron chi connectivity index (χ1n) is 6.30. The number of likely N-dealkylation sites (tertiary alicyclic amines) is 1. The molecule has 0 aromatic rings. The van der Waals surface area contributed by atoms with Gasteiger partial charge in [0.25, 0.3) is 0 Å². The van der Waals surface area contributed by atoms with Crippen LogP contribution < -0.4 is 5.73 Å². The molecule has 1 amide bonds. The van der Waals surface area contributed by atoms with E-state index < -0.39 is 0 Å². The molecule has 1 aliphatic carbocycles. The van der Waals surface area contributed by atoms with Crippen molar-refractivity contribution in [1.29, 1.82) is 0 Å². The van der Waals surface area contributed by atoms with Gasteiger partial charge in [0.15, 0.2) is 0 Å². The van der Waals surface area contributed by atoms with Crippen LogP contribution >= 0.6 is 0 Å². The van der Waals surface area contributed by atoms with Crippen LogP contribution in [0.1, 0.15) is 44.9 Å². The first-order chi connectivity index (χ1) is 7.27. The molecule has 3 nitrogen and oxygen atoms in total. The van der Waals surface area contributed by atoms with Crippen LogP contribution in [0, 0.1) is 5.92 Å². The van der Waals surface area contributed by atoms with Crippen LogP contribution in [0.15, 0.2) is 0 Å². The molecule has 1 atom stereocenters. The van der Waals surface area contributed by atoms with Crippen LogP contribution in [-0.2, 0) is 4.79 Å². The molecule has 1 saturated carbocycles. The molecule has 1 unspecified atom stereocenters. The predicted octanol–water partition coefficient (Wildman–Crippen LogP) is 1.52. The number of nitrogens with zero attached hydrogens (tertiary/aromatic N) is 1. The van der Waals surface area contributed by atoms with Gasteiger partial charge in [-0.2, -0.15) is 0 Å². The fourth-order valence-corrected chi connectivity index (χ4v) is 3.26. The summed E-state index contributed by atoms with van der Waals surface area (Å²) >= 11 is 0. The fraction of sp³-hybridized carbons (Fsp3) is 0.917. The number of primary amides is 1. The van der Waals surface area contributed by atoms with E-state index in [2.05, 4.69) is 4.90 Å². The van der Waals surface area contributed by atoms with Crippen LogP contribution in [0.25, 0.3) is 0 Å². The monoisotopic (exact) mass is 210 g/mol. The number of carbonyl (C=O) groups is 1. The molecular weight excluding hydrogens is 188 g/mol. The van der Waals surface area contributed by atoms with E-state index in [-0.39, 0.29) is 5.91 Å². The van der Waals surface area contributed by atoms with Crippen LogP contribution in [0.4, 0.5) is 0 Å². The highest BCUT2D eigenvalue weighted by Crippen LogP contribution is 2.35. The van der Waals surface area contributed by atoms with E-state index in [0.717, 1.165) is 18.5 Å². The third-order valence-corrected chi connectivity index (χ3v) is 4.00. The maximum Gasteiger partial charge on any atom is 0.218 e. The average molecular weight is 210 g/mol. The summed E-state index contributed by atoms with van der Waals surface area (Å²) in [5, 5.41) is 0. The molecule has 0 radical (unpaired) electrons. The lowest BCUT2D eigenvalue weighted by Gasteiger charge is -2.28. The minimum absolute atomic E-state index is 0.160. The zero-order chi connectivity index (χ0) is 10.7. The lowest BCUT2D eigenvalue weighted by Crippen LogP contribution is -2.36. The van der Waals surface area contributed by atoms with Crippen molar-refractivity contribution in [2.24, 2.45) is 11.7 Å². The maximum atomic E-state index is 10.8. The summed E-state index contributed by atoms with van der Waals surface area (Å²) in [6.07, 6.45) is 8.79. The SMILES string of the molecule is NC(=O)CCN1CCCC1C1CCCC1. The smallest absolute Gasteiger partial charge is 0.218 e. The van der Waals surface area contributed by atoms with Crippen molar-refractivity contribution in [3.05, 3.63) is 0 Å². The maximum absolute atomic E-state index is 10.8. The average Bonchev–Trinajstić information content (AvgIpc) is 2.85. The molecule has 0 spiro atoms. The molecular formula is C12H22N2O. The Morgan fingerprint density at radius 1 is 1.20 bits per heavy atom. The topological polar surface area (TPSA) is 46.3 Å². The van der Waals surface area contributed by atoms with Crippen LogP contribution in [0.5, 0.6) is 0 Å². The molecule has 1 saturated heterocycles. The highest BCUT2D eigenvalue weighted by Gasteiger charge is 2.32. The Morgan fingerprint density at radius 2 is 1.93 bits per heavy atom. The Morgan fingerprint density at radius 3 is 2.60 bits per heavy atom. The molecule has 1 heterocycles. The van der Waals surface area contributed by atoms with Crippen molar-refractivity contribution in [2.75, 3.05) is 13.1 Å². The van der Waals surface area contributed by atoms with Gasteiger partial charge in [-0.3, -0.25) is 9.69 Å². The zero-order valence-corrected chi connectivity index (χ0v) is 9.45. The van der Waals surface area contributed by atoms with Gasteiger partial charge in [0.2, 0.25) is 5.91 Å². The molecule has 86 valence electrons. The number of carbonyl (C=O) groups excluding carboxylic acids is 1. The number of hydrogen-bond donors (Lipinski definition) is 1. The van der Waals surface area contributed by atoms with Crippen molar-refractivity contribution in [1.82, 2.24) is 4.90 Å². The highest BCUT2D eigenvalue weighted by atomic mass is 16.1. The second-order valence-corrected chi connectivity index (χ2v) is 5.01. The quantitative estimate of drug-likeness (QED) is 0.764. The number of rotatable bonds is 4. The van der Waals surface area contributed by atoms with Crippen LogP contribution in [-0.4, -0.2) is 29.9 Å². The van der Waals surface area contributed by atoms with E-state index in [9.17, 15) is 4.79 Å². The summed E-state index contributed by atoms with van der Waals surface area (Å²) in [7, 11) is 0. The summed E-state index contributed by atoms with van der Waals surface area (Å²) in [6, 6.07) is 0.756. The molecule has 2 N–H and O–H groups in total. The van der Waals surface area contributed by atoms with Crippen molar-refractivity contribution in [2.45, 2.75) is 51.0 Å². The largest absolute Gasteiger partial charge is 0.370 e. The van der Waals surface area contributed by atoms with Crippen molar-refractivity contribution >= 4 is 5.91 Å². The number of hydrogen-bond acceptors (Lipinski definition) is 2. The van der Waals surface area contributed by atoms with Gasteiger partial charge in [-0.1, -0.05) is 12.8 Å². The van der Waals surface area contributed by atoms with Gasteiger partial charge in [0.05, 0.1) is 0 Å². The highest BCUT2D eigenvalue weighted by molar-refractivity contribution is 5.73. The number of amides is 1. The third-order valence-electron chi connectivity index (χ3n) is 4.00. The molecule has 1 aliphatic heterocycles. The van der Waals surface area contributed by atoms with E-state index in [4.69, 9.17) is 5.73 Å². The van der Waals surface area contributed by atoms with E-state index in [1.165, 1.54) is 45.1 Å². The molecule has 0 bridgehead atoms. The number of nitrogens with two attached hydrogens (primary N) is 1. The van der Waals surface area contributed by atoms with Crippen molar-refractivity contribution < 1.29 is 4.79 Å². The molecule has 2 rings (SSSR count). The van der Waals surface area contributed by atoms with Gasteiger partial charge in [-0.15, -0.1) is 0 Å². The van der Waals surface area contributed by atoms with Gasteiger partial charge in [0.1, 0.15) is 0 Å². The minimum atomic E-state index is -0.160. The summed E-state index contributed by atoms with van der Waals surface area (Å²) in [6.45, 7) is 2.06. The Kier molecular flexibility index (Phi) is 3.62. The van der Waals surface area contributed by atoms with Crippen LogP contribution in [0.2, 0.25) is 0 Å². The fourth-order valence-electron chi connectivity index (χ4n) is 3.26. The van der Waals surface area contributed by atoms with Crippen LogP contribution in [0.3, 0.4) is 0 Å². The molecule has 0 aromatic carbocycles. The normalized spacial score (nSPS) is 28.7. The zero-order valence-electron chi connectivity index (χ0n) is 9.45.